The van der Waals surface area contributed by atoms with Gasteiger partial charge < -0.3 is 0 Å². The van der Waals surface area contributed by atoms with E-state index in [1.807, 2.05) is 12.3 Å². The number of fused-ring (bicyclic) bond motifs is 1. The van der Waals surface area contributed by atoms with Crippen molar-refractivity contribution >= 4 is 34.9 Å². The molecule has 3 rings (SSSR count). The van der Waals surface area contributed by atoms with Gasteiger partial charge >= 0.3 is 0 Å². The summed E-state index contributed by atoms with van der Waals surface area (Å²) in [4.78, 5) is 4.36. The molecule has 3 heteroatoms. The molecule has 0 unspecified atom stereocenters. The van der Waals surface area contributed by atoms with E-state index in [-0.39, 0.29) is 0 Å². The number of hydrogen-bond acceptors (Lipinski definition) is 1. The van der Waals surface area contributed by atoms with E-state index >= 15 is 0 Å². The average molecular weight is 286 g/mol. The topological polar surface area (TPSA) is 12.9 Å². The zero-order valence-corrected chi connectivity index (χ0v) is 12.9. The molecule has 0 spiro atoms. The second-order valence-corrected chi connectivity index (χ2v) is 11.8. The van der Waals surface area contributed by atoms with Gasteiger partial charge in [0.05, 0.1) is 5.52 Å². The van der Waals surface area contributed by atoms with Crippen molar-refractivity contribution in [2.45, 2.75) is 19.5 Å². The molecule has 1 aromatic heterocycles. The van der Waals surface area contributed by atoms with Gasteiger partial charge in [0.1, 0.15) is 0 Å². The van der Waals surface area contributed by atoms with Crippen molar-refractivity contribution in [1.29, 1.82) is 0 Å². The maximum atomic E-state index is 6.50. The lowest BCUT2D eigenvalue weighted by atomic mass is 10.0. The molecule has 0 radical (unpaired) electrons. The normalized spacial score (nSPS) is 15.5. The van der Waals surface area contributed by atoms with Crippen molar-refractivity contribution in [2.24, 2.45) is 0 Å². The zero-order valence-electron chi connectivity index (χ0n) is 11.2. The lowest BCUT2D eigenvalue weighted by molar-refractivity contribution is 1.39. The number of hydrogen-bond donors (Lipinski definition) is 0. The number of halogens is 1. The molecule has 0 amide bonds. The summed E-state index contributed by atoms with van der Waals surface area (Å²) in [5, 5.41) is 2.53. The predicted octanol–water partition coefficient (Wildman–Crippen LogP) is 4.93. The van der Waals surface area contributed by atoms with Crippen molar-refractivity contribution in [3.8, 4) is 0 Å². The van der Waals surface area contributed by atoms with Crippen LogP contribution in [0.3, 0.4) is 0 Å². The molecule has 1 aliphatic rings. The molecular weight excluding hydrogens is 270 g/mol. The molecule has 2 aromatic rings. The van der Waals surface area contributed by atoms with Crippen molar-refractivity contribution in [2.75, 3.05) is 0 Å². The molecule has 0 atom stereocenters. The minimum Gasteiger partial charge on any atom is -0.256 e. The van der Waals surface area contributed by atoms with E-state index in [1.165, 1.54) is 21.7 Å². The SMILES string of the molecule is C[Si](C)(Cl)C1=CCC(c2ccc3ncccc3c2)=C1. The smallest absolute Gasteiger partial charge is 0.180 e. The van der Waals surface area contributed by atoms with E-state index in [0.717, 1.165) is 11.9 Å². The summed E-state index contributed by atoms with van der Waals surface area (Å²) in [7, 11) is -1.71. The Kier molecular flexibility index (Phi) is 3.07. The fourth-order valence-electron chi connectivity index (χ4n) is 2.42. The minimum absolute atomic E-state index is 0.990. The molecule has 0 bridgehead atoms. The first-order valence-electron chi connectivity index (χ1n) is 6.49. The van der Waals surface area contributed by atoms with Gasteiger partial charge in [-0.1, -0.05) is 37.4 Å². The Hall–Kier alpha value is -1.38. The first-order valence-corrected chi connectivity index (χ1v) is 10.5. The standard InChI is InChI=1S/C16H16ClNSi/c1-19(2,17)15-7-5-13(11-15)12-6-8-16-14(10-12)4-3-9-18-16/h3-4,6-11H,5H2,1-2H3. The molecule has 0 fully saturated rings. The molecule has 1 aromatic carbocycles. The molecular formula is C16H16ClNSi. The Morgan fingerprint density at radius 2 is 2.05 bits per heavy atom. The second-order valence-electron chi connectivity index (χ2n) is 5.42. The van der Waals surface area contributed by atoms with Crippen molar-refractivity contribution < 1.29 is 0 Å². The van der Waals surface area contributed by atoms with Crippen molar-refractivity contribution in [3.63, 3.8) is 0 Å². The van der Waals surface area contributed by atoms with Crippen LogP contribution >= 0.6 is 11.1 Å². The van der Waals surface area contributed by atoms with Gasteiger partial charge in [-0.3, -0.25) is 4.98 Å². The Labute approximate surface area is 119 Å². The molecule has 96 valence electrons. The van der Waals surface area contributed by atoms with Crippen LogP contribution in [0.4, 0.5) is 0 Å². The van der Waals surface area contributed by atoms with Gasteiger partial charge in [0.15, 0.2) is 7.38 Å². The monoisotopic (exact) mass is 285 g/mol. The van der Waals surface area contributed by atoms with Gasteiger partial charge in [0.2, 0.25) is 0 Å². The summed E-state index contributed by atoms with van der Waals surface area (Å²) in [5.41, 5.74) is 3.69. The maximum Gasteiger partial charge on any atom is 0.180 e. The van der Waals surface area contributed by atoms with Gasteiger partial charge in [0.25, 0.3) is 0 Å². The Bertz CT molecular complexity index is 695. The van der Waals surface area contributed by atoms with Crippen LogP contribution in [0.1, 0.15) is 12.0 Å². The van der Waals surface area contributed by atoms with E-state index in [4.69, 9.17) is 11.1 Å². The third-order valence-electron chi connectivity index (χ3n) is 3.53. The molecule has 19 heavy (non-hydrogen) atoms. The molecule has 0 saturated heterocycles. The molecule has 1 nitrogen and oxygen atoms in total. The van der Waals surface area contributed by atoms with Gasteiger partial charge in [-0.2, -0.15) is 11.1 Å². The predicted molar refractivity (Wildman–Crippen MR) is 85.8 cm³/mol. The van der Waals surface area contributed by atoms with Crippen LogP contribution in [0.25, 0.3) is 16.5 Å². The second kappa shape index (κ2) is 4.62. The van der Waals surface area contributed by atoms with E-state index in [1.54, 1.807) is 0 Å². The number of allylic oxidation sites excluding steroid dienone is 4. The van der Waals surface area contributed by atoms with E-state index in [9.17, 15) is 0 Å². The summed E-state index contributed by atoms with van der Waals surface area (Å²) < 4.78 is 0. The maximum absolute atomic E-state index is 6.50. The number of pyridine rings is 1. The highest BCUT2D eigenvalue weighted by Crippen LogP contribution is 2.33. The summed E-state index contributed by atoms with van der Waals surface area (Å²) >= 11 is 6.50. The highest BCUT2D eigenvalue weighted by molar-refractivity contribution is 7.23. The fourth-order valence-corrected chi connectivity index (χ4v) is 3.92. The number of aromatic nitrogens is 1. The van der Waals surface area contributed by atoms with Gasteiger partial charge in [-0.15, -0.1) is 0 Å². The quantitative estimate of drug-likeness (QED) is 0.563. The molecule has 1 heterocycles. The van der Waals surface area contributed by atoms with Crippen molar-refractivity contribution in [1.82, 2.24) is 4.98 Å². The largest absolute Gasteiger partial charge is 0.256 e. The summed E-state index contributed by atoms with van der Waals surface area (Å²) in [6, 6.07) is 10.5. The Balaban J connectivity index is 1.99. The number of nitrogens with zero attached hydrogens (tertiary/aromatic N) is 1. The van der Waals surface area contributed by atoms with Gasteiger partial charge in [0, 0.05) is 11.6 Å². The van der Waals surface area contributed by atoms with Gasteiger partial charge in [-0.25, -0.2) is 0 Å². The molecule has 1 aliphatic carbocycles. The van der Waals surface area contributed by atoms with Gasteiger partial charge in [-0.05, 0) is 41.0 Å². The van der Waals surface area contributed by atoms with Crippen LogP contribution in [0.5, 0.6) is 0 Å². The summed E-state index contributed by atoms with van der Waals surface area (Å²) in [6.07, 6.45) is 7.38. The minimum atomic E-state index is -1.71. The zero-order chi connectivity index (χ0) is 13.5. The molecule has 0 saturated carbocycles. The number of benzene rings is 1. The van der Waals surface area contributed by atoms with Crippen LogP contribution in [0.15, 0.2) is 53.9 Å². The molecule has 0 N–H and O–H groups in total. The average Bonchev–Trinajstić information content (AvgIpc) is 2.87. The van der Waals surface area contributed by atoms with Crippen LogP contribution < -0.4 is 0 Å². The summed E-state index contributed by atoms with van der Waals surface area (Å²) in [5.74, 6) is 0. The van der Waals surface area contributed by atoms with E-state index in [0.29, 0.717) is 0 Å². The highest BCUT2D eigenvalue weighted by atomic mass is 35.6. The lowest BCUT2D eigenvalue weighted by Crippen LogP contribution is -2.18. The molecule has 0 aliphatic heterocycles. The van der Waals surface area contributed by atoms with Crippen LogP contribution in [0, 0.1) is 0 Å². The summed E-state index contributed by atoms with van der Waals surface area (Å²) in [6.45, 7) is 4.34. The Morgan fingerprint density at radius 3 is 2.79 bits per heavy atom. The highest BCUT2D eigenvalue weighted by Gasteiger charge is 2.24. The van der Waals surface area contributed by atoms with Crippen LogP contribution in [-0.4, -0.2) is 12.4 Å². The van der Waals surface area contributed by atoms with Crippen molar-refractivity contribution in [3.05, 3.63) is 59.4 Å². The first-order chi connectivity index (χ1) is 9.04. The van der Waals surface area contributed by atoms with Crippen LogP contribution in [0.2, 0.25) is 13.1 Å². The third-order valence-corrected chi connectivity index (χ3v) is 5.91. The first kappa shape index (κ1) is 12.6. The number of rotatable bonds is 2. The Morgan fingerprint density at radius 1 is 1.21 bits per heavy atom. The van der Waals surface area contributed by atoms with Crippen LogP contribution in [-0.2, 0) is 0 Å². The fraction of sp³-hybridized carbons (Fsp3) is 0.188. The third kappa shape index (κ3) is 2.51. The lowest BCUT2D eigenvalue weighted by Gasteiger charge is -2.12. The van der Waals surface area contributed by atoms with E-state index < -0.39 is 7.38 Å². The van der Waals surface area contributed by atoms with E-state index in [2.05, 4.69) is 54.5 Å².